The molecule has 0 amide bonds. The van der Waals surface area contributed by atoms with Crippen molar-refractivity contribution in [1.29, 1.82) is 0 Å². The van der Waals surface area contributed by atoms with E-state index in [4.69, 9.17) is 9.47 Å². The molecule has 0 aromatic heterocycles. The zero-order chi connectivity index (χ0) is 17.8. The van der Waals surface area contributed by atoms with Gasteiger partial charge < -0.3 is 9.47 Å². The Hall–Kier alpha value is -2.44. The van der Waals surface area contributed by atoms with Crippen LogP contribution in [0.4, 0.5) is 5.69 Å². The van der Waals surface area contributed by atoms with E-state index in [1.165, 1.54) is 18.7 Å². The average Bonchev–Trinajstić information content (AvgIpc) is 3.15. The van der Waals surface area contributed by atoms with E-state index < -0.39 is 4.92 Å². The Kier molecular flexibility index (Phi) is 3.39. The number of ether oxygens (including phenoxy) is 2. The zero-order valence-electron chi connectivity index (χ0n) is 14.6. The van der Waals surface area contributed by atoms with Crippen molar-refractivity contribution in [2.75, 3.05) is 6.79 Å². The van der Waals surface area contributed by atoms with Gasteiger partial charge in [0.1, 0.15) is 0 Å². The lowest BCUT2D eigenvalue weighted by molar-refractivity contribution is -0.385. The Morgan fingerprint density at radius 3 is 2.60 bits per heavy atom. The third kappa shape index (κ3) is 2.25. The van der Waals surface area contributed by atoms with Gasteiger partial charge in [-0.3, -0.25) is 10.1 Å². The van der Waals surface area contributed by atoms with Crippen LogP contribution in [0.2, 0.25) is 0 Å². The smallest absolute Gasteiger partial charge is 0.282 e. The summed E-state index contributed by atoms with van der Waals surface area (Å²) in [5.41, 5.74) is 1.70. The molecule has 1 heterocycles. The molecule has 7 heteroatoms. The summed E-state index contributed by atoms with van der Waals surface area (Å²) in [7, 11) is 0. The van der Waals surface area contributed by atoms with Gasteiger partial charge in [-0.25, -0.2) is 0 Å². The summed E-state index contributed by atoms with van der Waals surface area (Å²) in [6.07, 6.45) is 4.77. The van der Waals surface area contributed by atoms with Gasteiger partial charge in [0, 0.05) is 11.1 Å². The third-order valence-electron chi connectivity index (χ3n) is 6.61. The second-order valence-corrected chi connectivity index (χ2v) is 7.81. The Bertz CT molecular complexity index is 815. The molecule has 2 unspecified atom stereocenters. The third-order valence-corrected chi connectivity index (χ3v) is 6.61. The molecule has 2 bridgehead atoms. The molecule has 1 aromatic rings. The van der Waals surface area contributed by atoms with Gasteiger partial charge in [-0.05, 0) is 36.7 Å². The number of nitro benzene ring substituents is 1. The van der Waals surface area contributed by atoms with Crippen LogP contribution in [0.5, 0.6) is 11.5 Å². The van der Waals surface area contributed by atoms with Crippen molar-refractivity contribution in [3.8, 4) is 11.5 Å². The van der Waals surface area contributed by atoms with Gasteiger partial charge in [-0.1, -0.05) is 20.8 Å². The molecule has 0 radical (unpaired) electrons. The molecule has 2 aliphatic carbocycles. The summed E-state index contributed by atoms with van der Waals surface area (Å²) >= 11 is 0. The minimum atomic E-state index is -0.446. The molecule has 132 valence electrons. The summed E-state index contributed by atoms with van der Waals surface area (Å²) in [6, 6.07) is 2.95. The maximum absolute atomic E-state index is 11.3. The van der Waals surface area contributed by atoms with E-state index in [2.05, 4.69) is 31.0 Å². The minimum Gasteiger partial charge on any atom is -0.454 e. The first-order valence-corrected chi connectivity index (χ1v) is 8.51. The van der Waals surface area contributed by atoms with Crippen LogP contribution in [-0.2, 0) is 0 Å². The van der Waals surface area contributed by atoms with Crippen molar-refractivity contribution in [3.05, 3.63) is 27.8 Å². The van der Waals surface area contributed by atoms with Gasteiger partial charge in [0.15, 0.2) is 11.5 Å². The van der Waals surface area contributed by atoms with E-state index in [0.717, 1.165) is 18.6 Å². The highest BCUT2D eigenvalue weighted by atomic mass is 16.7. The zero-order valence-corrected chi connectivity index (χ0v) is 14.6. The predicted molar refractivity (Wildman–Crippen MR) is 93.5 cm³/mol. The molecular formula is C18H21N3O4. The predicted octanol–water partition coefficient (Wildman–Crippen LogP) is 3.94. The summed E-state index contributed by atoms with van der Waals surface area (Å²) in [6.45, 7) is 6.95. The van der Waals surface area contributed by atoms with Crippen molar-refractivity contribution in [2.24, 2.45) is 27.0 Å². The number of benzene rings is 1. The monoisotopic (exact) mass is 343 g/mol. The lowest BCUT2D eigenvalue weighted by Crippen LogP contribution is -2.32. The number of rotatable bonds is 3. The molecule has 7 nitrogen and oxygen atoms in total. The molecule has 4 rings (SSSR count). The van der Waals surface area contributed by atoms with Crippen molar-refractivity contribution in [3.63, 3.8) is 0 Å². The van der Waals surface area contributed by atoms with Crippen molar-refractivity contribution in [2.45, 2.75) is 40.0 Å². The molecule has 0 spiro atoms. The molecule has 1 aromatic carbocycles. The molecule has 25 heavy (non-hydrogen) atoms. The standard InChI is InChI=1S/C18H21N3O4/c1-17(2)12-4-5-18(17,3)16(7-12)20-19-9-11-6-14-15(25-10-24-14)8-13(11)21(22)23/h6,8-9,12H,4-5,7,10H2,1-3H3/b19-9+,20-16-. The van der Waals surface area contributed by atoms with Gasteiger partial charge in [-0.2, -0.15) is 10.2 Å². The molecule has 1 aliphatic heterocycles. The van der Waals surface area contributed by atoms with E-state index in [9.17, 15) is 10.1 Å². The number of fused-ring (bicyclic) bond motifs is 3. The fourth-order valence-electron chi connectivity index (χ4n) is 4.45. The van der Waals surface area contributed by atoms with Gasteiger partial charge in [0.2, 0.25) is 6.79 Å². The van der Waals surface area contributed by atoms with Crippen LogP contribution in [0.1, 0.15) is 45.6 Å². The topological polar surface area (TPSA) is 86.3 Å². The van der Waals surface area contributed by atoms with Crippen LogP contribution < -0.4 is 9.47 Å². The first-order chi connectivity index (χ1) is 11.8. The van der Waals surface area contributed by atoms with Crippen LogP contribution >= 0.6 is 0 Å². The Balaban J connectivity index is 1.64. The van der Waals surface area contributed by atoms with E-state index in [-0.39, 0.29) is 23.3 Å². The number of nitrogens with zero attached hydrogens (tertiary/aromatic N) is 3. The van der Waals surface area contributed by atoms with E-state index in [1.54, 1.807) is 6.07 Å². The molecular weight excluding hydrogens is 322 g/mol. The normalized spacial score (nSPS) is 30.5. The molecule has 2 atom stereocenters. The molecule has 2 fully saturated rings. The van der Waals surface area contributed by atoms with Crippen molar-refractivity contribution < 1.29 is 14.4 Å². The second-order valence-electron chi connectivity index (χ2n) is 7.81. The van der Waals surface area contributed by atoms with Crippen LogP contribution in [0.25, 0.3) is 0 Å². The summed E-state index contributed by atoms with van der Waals surface area (Å²) < 4.78 is 10.5. The maximum atomic E-state index is 11.3. The molecule has 0 N–H and O–H groups in total. The number of hydrogen-bond acceptors (Lipinski definition) is 6. The SMILES string of the molecule is CC12CCC(C/C1=N/N=C/c1cc3c(cc1[N+](=O)[O-])OCO3)C2(C)C. The first kappa shape index (κ1) is 16.1. The van der Waals surface area contributed by atoms with Gasteiger partial charge in [-0.15, -0.1) is 0 Å². The largest absolute Gasteiger partial charge is 0.454 e. The molecule has 2 saturated carbocycles. The van der Waals surface area contributed by atoms with Crippen molar-refractivity contribution >= 4 is 17.6 Å². The number of hydrogen-bond donors (Lipinski definition) is 0. The molecule has 0 saturated heterocycles. The Morgan fingerprint density at radius 2 is 2.00 bits per heavy atom. The van der Waals surface area contributed by atoms with Gasteiger partial charge >= 0.3 is 0 Å². The van der Waals surface area contributed by atoms with Gasteiger partial charge in [0.25, 0.3) is 5.69 Å². The van der Waals surface area contributed by atoms with Gasteiger partial charge in [0.05, 0.1) is 22.8 Å². The molecule has 3 aliphatic rings. The summed E-state index contributed by atoms with van der Waals surface area (Å²) in [5, 5.41) is 19.9. The van der Waals surface area contributed by atoms with Crippen LogP contribution in [0.3, 0.4) is 0 Å². The van der Waals surface area contributed by atoms with Crippen molar-refractivity contribution in [1.82, 2.24) is 0 Å². The Morgan fingerprint density at radius 1 is 1.28 bits per heavy atom. The number of nitro groups is 1. The second kappa shape index (κ2) is 5.28. The van der Waals surface area contributed by atoms with E-state index >= 15 is 0 Å². The quantitative estimate of drug-likeness (QED) is 0.472. The summed E-state index contributed by atoms with van der Waals surface area (Å²) in [5.74, 6) is 1.52. The Labute approximate surface area is 145 Å². The van der Waals surface area contributed by atoms with Crippen LogP contribution in [-0.4, -0.2) is 23.6 Å². The first-order valence-electron chi connectivity index (χ1n) is 8.51. The minimum absolute atomic E-state index is 0.0623. The fraction of sp³-hybridized carbons (Fsp3) is 0.556. The van der Waals surface area contributed by atoms with Crippen LogP contribution in [0.15, 0.2) is 22.3 Å². The highest BCUT2D eigenvalue weighted by molar-refractivity contribution is 5.95. The summed E-state index contributed by atoms with van der Waals surface area (Å²) in [4.78, 5) is 10.8. The van der Waals surface area contributed by atoms with Crippen LogP contribution in [0, 0.1) is 26.9 Å². The van der Waals surface area contributed by atoms with E-state index in [0.29, 0.717) is 23.0 Å². The average molecular weight is 343 g/mol. The highest BCUT2D eigenvalue weighted by Gasteiger charge is 2.59. The fourth-order valence-corrected chi connectivity index (χ4v) is 4.45. The lowest BCUT2D eigenvalue weighted by atomic mass is 9.70. The van der Waals surface area contributed by atoms with E-state index in [1.807, 2.05) is 0 Å². The highest BCUT2D eigenvalue weighted by Crippen LogP contribution is 2.64. The lowest BCUT2D eigenvalue weighted by Gasteiger charge is -2.34. The maximum Gasteiger partial charge on any atom is 0.282 e.